The molecule has 1 aromatic rings. The van der Waals surface area contributed by atoms with E-state index >= 15 is 0 Å². The van der Waals surface area contributed by atoms with Crippen LogP contribution in [0.25, 0.3) is 0 Å². The Balaban J connectivity index is 2.38. The predicted octanol–water partition coefficient (Wildman–Crippen LogP) is 2.06. The third-order valence-corrected chi connectivity index (χ3v) is 3.33. The molecule has 0 aromatic heterocycles. The lowest BCUT2D eigenvalue weighted by atomic mass is 10.1. The molecular formula is C16H27NO3. The van der Waals surface area contributed by atoms with Gasteiger partial charge in [-0.25, -0.2) is 0 Å². The van der Waals surface area contributed by atoms with E-state index in [9.17, 15) is 5.11 Å². The summed E-state index contributed by atoms with van der Waals surface area (Å²) < 4.78 is 10.8. The Bertz CT molecular complexity index is 375. The summed E-state index contributed by atoms with van der Waals surface area (Å²) >= 11 is 0. The van der Waals surface area contributed by atoms with Gasteiger partial charge in [-0.15, -0.1) is 0 Å². The molecule has 0 spiro atoms. The number of aliphatic hydroxyl groups excluding tert-OH is 1. The molecule has 0 fully saturated rings. The van der Waals surface area contributed by atoms with Crippen molar-refractivity contribution in [2.75, 3.05) is 26.9 Å². The molecule has 0 bridgehead atoms. The first-order valence-electron chi connectivity index (χ1n) is 7.17. The predicted molar refractivity (Wildman–Crippen MR) is 81.4 cm³/mol. The molecule has 2 N–H and O–H groups in total. The maximum absolute atomic E-state index is 9.98. The lowest BCUT2D eigenvalue weighted by molar-refractivity contribution is 0.0947. The second-order valence-corrected chi connectivity index (χ2v) is 5.15. The zero-order valence-corrected chi connectivity index (χ0v) is 13.0. The van der Waals surface area contributed by atoms with Crippen molar-refractivity contribution in [3.8, 4) is 5.75 Å². The highest BCUT2D eigenvalue weighted by Crippen LogP contribution is 2.22. The minimum absolute atomic E-state index is 0.273. The molecule has 0 saturated heterocycles. The minimum Gasteiger partial charge on any atom is -0.490 e. The average molecular weight is 281 g/mol. The van der Waals surface area contributed by atoms with Crippen molar-refractivity contribution < 1.29 is 14.6 Å². The van der Waals surface area contributed by atoms with Crippen LogP contribution in [0.15, 0.2) is 18.2 Å². The van der Waals surface area contributed by atoms with E-state index in [1.807, 2.05) is 32.0 Å². The third-order valence-electron chi connectivity index (χ3n) is 3.33. The number of aryl methyl sites for hydroxylation is 2. The molecule has 0 heterocycles. The molecule has 0 radical (unpaired) electrons. The molecule has 0 aliphatic rings. The quantitative estimate of drug-likeness (QED) is 0.727. The number of aliphatic hydroxyl groups is 1. The van der Waals surface area contributed by atoms with Crippen LogP contribution in [-0.4, -0.2) is 44.1 Å². The number of rotatable bonds is 9. The second-order valence-electron chi connectivity index (χ2n) is 5.15. The minimum atomic E-state index is -0.528. The first-order valence-corrected chi connectivity index (χ1v) is 7.17. The number of hydrogen-bond acceptors (Lipinski definition) is 4. The van der Waals surface area contributed by atoms with E-state index in [-0.39, 0.29) is 6.04 Å². The van der Waals surface area contributed by atoms with Crippen molar-refractivity contribution in [3.63, 3.8) is 0 Å². The van der Waals surface area contributed by atoms with E-state index < -0.39 is 6.10 Å². The van der Waals surface area contributed by atoms with Crippen LogP contribution in [0.2, 0.25) is 0 Å². The topological polar surface area (TPSA) is 50.7 Å². The van der Waals surface area contributed by atoms with Crippen LogP contribution in [0.1, 0.15) is 24.5 Å². The van der Waals surface area contributed by atoms with Crippen LogP contribution in [0.4, 0.5) is 0 Å². The smallest absolute Gasteiger partial charge is 0.125 e. The molecular weight excluding hydrogens is 254 g/mol. The van der Waals surface area contributed by atoms with Crippen molar-refractivity contribution >= 4 is 0 Å². The summed E-state index contributed by atoms with van der Waals surface area (Å²) in [5.74, 6) is 0.871. The van der Waals surface area contributed by atoms with Crippen LogP contribution in [0.3, 0.4) is 0 Å². The average Bonchev–Trinajstić information content (AvgIpc) is 2.42. The maximum atomic E-state index is 9.98. The Labute approximate surface area is 122 Å². The second kappa shape index (κ2) is 8.95. The fourth-order valence-electron chi connectivity index (χ4n) is 2.09. The van der Waals surface area contributed by atoms with E-state index in [1.165, 1.54) is 0 Å². The molecule has 4 heteroatoms. The number of hydrogen-bond donors (Lipinski definition) is 2. The Morgan fingerprint density at radius 1 is 1.20 bits per heavy atom. The molecule has 0 aliphatic carbocycles. The van der Waals surface area contributed by atoms with Gasteiger partial charge >= 0.3 is 0 Å². The van der Waals surface area contributed by atoms with Gasteiger partial charge in [-0.3, -0.25) is 0 Å². The molecule has 2 atom stereocenters. The summed E-state index contributed by atoms with van der Waals surface area (Å²) in [4.78, 5) is 0. The van der Waals surface area contributed by atoms with Crippen molar-refractivity contribution in [2.24, 2.45) is 0 Å². The first kappa shape index (κ1) is 17.0. The van der Waals surface area contributed by atoms with Gasteiger partial charge < -0.3 is 19.9 Å². The van der Waals surface area contributed by atoms with E-state index in [0.717, 1.165) is 23.3 Å². The van der Waals surface area contributed by atoms with Gasteiger partial charge in [0, 0.05) is 19.7 Å². The van der Waals surface area contributed by atoms with Gasteiger partial charge in [0.2, 0.25) is 0 Å². The summed E-state index contributed by atoms with van der Waals surface area (Å²) in [5, 5.41) is 13.3. The summed E-state index contributed by atoms with van der Waals surface area (Å²) in [6.07, 6.45) is 0.443. The van der Waals surface area contributed by atoms with Gasteiger partial charge in [-0.1, -0.05) is 25.1 Å². The lowest BCUT2D eigenvalue weighted by Gasteiger charge is -2.20. The van der Waals surface area contributed by atoms with Crippen molar-refractivity contribution in [1.29, 1.82) is 0 Å². The molecule has 2 unspecified atom stereocenters. The standard InChI is InChI=1S/C16H27NO3/c1-5-14(10-19-4)17-9-15(18)11-20-16-12(2)7-6-8-13(16)3/h6-8,14-15,17-18H,5,9-11H2,1-4H3. The first-order chi connectivity index (χ1) is 9.58. The molecule has 114 valence electrons. The molecule has 4 nitrogen and oxygen atoms in total. The summed E-state index contributed by atoms with van der Waals surface area (Å²) in [7, 11) is 1.69. The molecule has 0 saturated carbocycles. The van der Waals surface area contributed by atoms with Crippen LogP contribution < -0.4 is 10.1 Å². The van der Waals surface area contributed by atoms with Gasteiger partial charge in [0.25, 0.3) is 0 Å². The number of methoxy groups -OCH3 is 1. The van der Waals surface area contributed by atoms with Gasteiger partial charge in [0.15, 0.2) is 0 Å². The SMILES string of the molecule is CCC(COC)NCC(O)COc1c(C)cccc1C. The van der Waals surface area contributed by atoms with Gasteiger partial charge in [0.05, 0.1) is 6.61 Å². The highest BCUT2D eigenvalue weighted by Gasteiger charge is 2.11. The Morgan fingerprint density at radius 2 is 1.85 bits per heavy atom. The molecule has 0 aliphatic heterocycles. The molecule has 1 rings (SSSR count). The highest BCUT2D eigenvalue weighted by atomic mass is 16.5. The third kappa shape index (κ3) is 5.49. The maximum Gasteiger partial charge on any atom is 0.125 e. The Hall–Kier alpha value is -1.10. The monoisotopic (exact) mass is 281 g/mol. The number of nitrogens with one attached hydrogen (secondary N) is 1. The normalized spacial score (nSPS) is 14.1. The van der Waals surface area contributed by atoms with E-state index in [2.05, 4.69) is 12.2 Å². The van der Waals surface area contributed by atoms with Gasteiger partial charge in [-0.2, -0.15) is 0 Å². The van der Waals surface area contributed by atoms with E-state index in [4.69, 9.17) is 9.47 Å². The lowest BCUT2D eigenvalue weighted by Crippen LogP contribution is -2.40. The van der Waals surface area contributed by atoms with Crippen LogP contribution in [0, 0.1) is 13.8 Å². The van der Waals surface area contributed by atoms with E-state index in [0.29, 0.717) is 19.8 Å². The summed E-state index contributed by atoms with van der Waals surface area (Å²) in [6, 6.07) is 6.30. The Morgan fingerprint density at radius 3 is 2.40 bits per heavy atom. The number of para-hydroxylation sites is 1. The van der Waals surface area contributed by atoms with Crippen LogP contribution in [0.5, 0.6) is 5.75 Å². The van der Waals surface area contributed by atoms with Crippen molar-refractivity contribution in [3.05, 3.63) is 29.3 Å². The molecule has 20 heavy (non-hydrogen) atoms. The highest BCUT2D eigenvalue weighted by molar-refractivity contribution is 5.39. The largest absolute Gasteiger partial charge is 0.490 e. The Kier molecular flexibility index (Phi) is 7.59. The van der Waals surface area contributed by atoms with Gasteiger partial charge in [0.1, 0.15) is 18.5 Å². The zero-order chi connectivity index (χ0) is 15.0. The van der Waals surface area contributed by atoms with E-state index in [1.54, 1.807) is 7.11 Å². The van der Waals surface area contributed by atoms with Crippen LogP contribution in [-0.2, 0) is 4.74 Å². The molecule has 0 amide bonds. The van der Waals surface area contributed by atoms with Crippen molar-refractivity contribution in [2.45, 2.75) is 39.3 Å². The van der Waals surface area contributed by atoms with Crippen LogP contribution >= 0.6 is 0 Å². The summed E-state index contributed by atoms with van der Waals surface area (Å²) in [5.41, 5.74) is 2.19. The van der Waals surface area contributed by atoms with Gasteiger partial charge in [-0.05, 0) is 31.4 Å². The number of ether oxygens (including phenoxy) is 2. The molecule has 1 aromatic carbocycles. The fourth-order valence-corrected chi connectivity index (χ4v) is 2.09. The number of benzene rings is 1. The zero-order valence-electron chi connectivity index (χ0n) is 13.0. The summed E-state index contributed by atoms with van der Waals surface area (Å²) in [6.45, 7) is 7.57. The van der Waals surface area contributed by atoms with Crippen molar-refractivity contribution in [1.82, 2.24) is 5.32 Å². The fraction of sp³-hybridized carbons (Fsp3) is 0.625.